The summed E-state index contributed by atoms with van der Waals surface area (Å²) in [6, 6.07) is 0. The number of carbonyl (C=O) groups is 3. The van der Waals surface area contributed by atoms with Gasteiger partial charge >= 0.3 is 17.9 Å². The average Bonchev–Trinajstić information content (AvgIpc) is 3.31. The molecule has 0 radical (unpaired) electrons. The van der Waals surface area contributed by atoms with Gasteiger partial charge in [-0.3, -0.25) is 14.4 Å². The first-order valence-electron chi connectivity index (χ1n) is 30.7. The molecule has 0 rings (SSSR count). The topological polar surface area (TPSA) is 78.9 Å². The van der Waals surface area contributed by atoms with Crippen LogP contribution in [-0.4, -0.2) is 37.2 Å². The second-order valence-corrected chi connectivity index (χ2v) is 22.3. The Kier molecular flexibility index (Phi) is 53.5. The Labute approximate surface area is 425 Å². The largest absolute Gasteiger partial charge is 0.462 e. The molecule has 0 aromatic carbocycles. The molecule has 0 unspecified atom stereocenters. The number of carbonyl (C=O) groups excluding carboxylic acids is 3. The van der Waals surface area contributed by atoms with Crippen molar-refractivity contribution in [2.45, 2.75) is 355 Å². The predicted molar refractivity (Wildman–Crippen MR) is 293 cm³/mol. The van der Waals surface area contributed by atoms with E-state index in [1.54, 1.807) is 0 Å². The van der Waals surface area contributed by atoms with E-state index in [1.807, 2.05) is 0 Å². The molecule has 0 spiro atoms. The summed E-state index contributed by atoms with van der Waals surface area (Å²) in [6.07, 6.45) is 59.6. The van der Waals surface area contributed by atoms with Crippen LogP contribution in [0.2, 0.25) is 0 Å². The lowest BCUT2D eigenvalue weighted by Gasteiger charge is -2.18. The molecule has 0 aliphatic rings. The first kappa shape index (κ1) is 66.4. The second-order valence-electron chi connectivity index (χ2n) is 22.3. The molecule has 1 atom stereocenters. The van der Waals surface area contributed by atoms with Crippen LogP contribution in [0.15, 0.2) is 0 Å². The lowest BCUT2D eigenvalue weighted by atomic mass is 10.0. The molecule has 0 amide bonds. The Balaban J connectivity index is 4.27. The quantitative estimate of drug-likeness (QED) is 0.0343. The first-order valence-corrected chi connectivity index (χ1v) is 30.7. The number of ether oxygens (including phenoxy) is 3. The van der Waals surface area contributed by atoms with Crippen molar-refractivity contribution < 1.29 is 28.6 Å². The number of hydrogen-bond acceptors (Lipinski definition) is 6. The monoisotopic (exact) mass is 961 g/mol. The number of unbranched alkanes of at least 4 members (excludes halogenated alkanes) is 41. The number of esters is 3. The van der Waals surface area contributed by atoms with Gasteiger partial charge in [-0.15, -0.1) is 0 Å². The fourth-order valence-electron chi connectivity index (χ4n) is 9.58. The highest BCUT2D eigenvalue weighted by Gasteiger charge is 2.19. The number of rotatable bonds is 56. The van der Waals surface area contributed by atoms with Crippen LogP contribution in [0.1, 0.15) is 349 Å². The van der Waals surface area contributed by atoms with E-state index >= 15 is 0 Å². The van der Waals surface area contributed by atoms with E-state index in [4.69, 9.17) is 14.2 Å². The summed E-state index contributed by atoms with van der Waals surface area (Å²) >= 11 is 0. The van der Waals surface area contributed by atoms with Gasteiger partial charge in [-0.2, -0.15) is 0 Å². The fraction of sp³-hybridized carbons (Fsp3) is 0.952. The highest BCUT2D eigenvalue weighted by molar-refractivity contribution is 5.71. The van der Waals surface area contributed by atoms with Crippen molar-refractivity contribution in [3.05, 3.63) is 0 Å². The van der Waals surface area contributed by atoms with E-state index in [1.165, 1.54) is 238 Å². The van der Waals surface area contributed by atoms with Crippen molar-refractivity contribution in [3.63, 3.8) is 0 Å². The van der Waals surface area contributed by atoms with Crippen LogP contribution in [0.4, 0.5) is 0 Å². The Morgan fingerprint density at radius 1 is 0.279 bits per heavy atom. The van der Waals surface area contributed by atoms with Gasteiger partial charge in [0.05, 0.1) is 0 Å². The molecule has 6 heteroatoms. The molecule has 0 fully saturated rings. The Morgan fingerprint density at radius 3 is 0.721 bits per heavy atom. The maximum Gasteiger partial charge on any atom is 0.306 e. The highest BCUT2D eigenvalue weighted by Crippen LogP contribution is 2.19. The van der Waals surface area contributed by atoms with Gasteiger partial charge in [-0.05, 0) is 31.1 Å². The van der Waals surface area contributed by atoms with Gasteiger partial charge in [0.2, 0.25) is 0 Å². The normalized spacial score (nSPS) is 12.0. The van der Waals surface area contributed by atoms with E-state index < -0.39 is 6.10 Å². The summed E-state index contributed by atoms with van der Waals surface area (Å²) in [4.78, 5) is 38.2. The van der Waals surface area contributed by atoms with Gasteiger partial charge in [0, 0.05) is 19.3 Å². The summed E-state index contributed by atoms with van der Waals surface area (Å²) in [5.74, 6) is 0.834. The maximum atomic E-state index is 12.9. The van der Waals surface area contributed by atoms with Crippen molar-refractivity contribution in [1.29, 1.82) is 0 Å². The third-order valence-electron chi connectivity index (χ3n) is 14.2. The molecule has 0 aromatic heterocycles. The lowest BCUT2D eigenvalue weighted by Crippen LogP contribution is -2.30. The molecule has 0 aromatic rings. The molecule has 0 saturated heterocycles. The molecule has 0 N–H and O–H groups in total. The van der Waals surface area contributed by atoms with Crippen LogP contribution in [0.5, 0.6) is 0 Å². The van der Waals surface area contributed by atoms with Crippen LogP contribution in [0.3, 0.4) is 0 Å². The van der Waals surface area contributed by atoms with E-state index in [2.05, 4.69) is 34.6 Å². The molecule has 0 saturated carbocycles. The van der Waals surface area contributed by atoms with Gasteiger partial charge in [0.1, 0.15) is 13.2 Å². The smallest absolute Gasteiger partial charge is 0.306 e. The van der Waals surface area contributed by atoms with Crippen molar-refractivity contribution in [2.75, 3.05) is 13.2 Å². The summed E-state index contributed by atoms with van der Waals surface area (Å²) < 4.78 is 16.9. The number of hydrogen-bond donors (Lipinski definition) is 0. The molecule has 0 aliphatic heterocycles. The van der Waals surface area contributed by atoms with Crippen LogP contribution < -0.4 is 0 Å². The van der Waals surface area contributed by atoms with Gasteiger partial charge in [-0.25, -0.2) is 0 Å². The predicted octanol–water partition coefficient (Wildman–Crippen LogP) is 20.4. The van der Waals surface area contributed by atoms with Crippen molar-refractivity contribution in [2.24, 2.45) is 11.8 Å². The molecule has 0 bridgehead atoms. The minimum atomic E-state index is -0.763. The second kappa shape index (κ2) is 54.7. The summed E-state index contributed by atoms with van der Waals surface area (Å²) in [5.41, 5.74) is 0. The third kappa shape index (κ3) is 55.3. The van der Waals surface area contributed by atoms with Crippen LogP contribution in [-0.2, 0) is 28.6 Å². The van der Waals surface area contributed by atoms with Crippen molar-refractivity contribution >= 4 is 17.9 Å². The third-order valence-corrected chi connectivity index (χ3v) is 14.2. The van der Waals surface area contributed by atoms with Gasteiger partial charge < -0.3 is 14.2 Å². The molecule has 0 heterocycles. The van der Waals surface area contributed by atoms with Crippen molar-refractivity contribution in [1.82, 2.24) is 0 Å². The minimum Gasteiger partial charge on any atom is -0.462 e. The lowest BCUT2D eigenvalue weighted by molar-refractivity contribution is -0.167. The van der Waals surface area contributed by atoms with Gasteiger partial charge in [0.25, 0.3) is 0 Å². The summed E-state index contributed by atoms with van der Waals surface area (Å²) in [7, 11) is 0. The zero-order valence-corrected chi connectivity index (χ0v) is 46.7. The average molecular weight is 962 g/mol. The first-order chi connectivity index (χ1) is 33.2. The van der Waals surface area contributed by atoms with E-state index in [0.29, 0.717) is 19.3 Å². The maximum absolute atomic E-state index is 12.9. The molecular formula is C62H120O6. The zero-order valence-electron chi connectivity index (χ0n) is 46.7. The van der Waals surface area contributed by atoms with E-state index in [-0.39, 0.29) is 31.1 Å². The SMILES string of the molecule is CCCCCCCCCCCCCCCCCCCCCC(=O)OC[C@@H](COC(=O)CCCCCCCCCCCCCCCCC(C)C)OC(=O)CCCCCCCCCCCCCC(C)C. The van der Waals surface area contributed by atoms with Gasteiger partial charge in [-0.1, -0.05) is 311 Å². The van der Waals surface area contributed by atoms with E-state index in [9.17, 15) is 14.4 Å². The van der Waals surface area contributed by atoms with Crippen LogP contribution in [0.25, 0.3) is 0 Å². The Morgan fingerprint density at radius 2 is 0.485 bits per heavy atom. The Bertz CT molecular complexity index is 1040. The Hall–Kier alpha value is -1.59. The molecule has 68 heavy (non-hydrogen) atoms. The fourth-order valence-corrected chi connectivity index (χ4v) is 9.58. The molecular weight excluding hydrogens is 841 g/mol. The molecule has 0 aliphatic carbocycles. The van der Waals surface area contributed by atoms with Gasteiger partial charge in [0.15, 0.2) is 6.10 Å². The highest BCUT2D eigenvalue weighted by atomic mass is 16.6. The van der Waals surface area contributed by atoms with Crippen LogP contribution >= 0.6 is 0 Å². The summed E-state index contributed by atoms with van der Waals surface area (Å²) in [5, 5.41) is 0. The minimum absolute atomic E-state index is 0.0624. The zero-order chi connectivity index (χ0) is 49.6. The summed E-state index contributed by atoms with van der Waals surface area (Å²) in [6.45, 7) is 11.4. The standard InChI is InChI=1S/C62H120O6/c1-6-7-8-9-10-11-12-13-14-15-16-17-18-22-27-32-37-42-47-52-60(63)66-55-59(68-62(65)54-49-44-39-34-29-24-26-31-36-41-46-51-58(4)5)56-67-61(64)53-48-43-38-33-28-23-20-19-21-25-30-35-40-45-50-57(2)3/h57-59H,6-56H2,1-5H3/t59-/m0/s1. The molecule has 6 nitrogen and oxygen atoms in total. The molecule has 404 valence electrons. The van der Waals surface area contributed by atoms with Crippen LogP contribution in [0, 0.1) is 11.8 Å². The van der Waals surface area contributed by atoms with Crippen molar-refractivity contribution in [3.8, 4) is 0 Å². The van der Waals surface area contributed by atoms with E-state index in [0.717, 1.165) is 69.6 Å².